The summed E-state index contributed by atoms with van der Waals surface area (Å²) in [7, 11) is 0. The van der Waals surface area contributed by atoms with Crippen molar-refractivity contribution in [3.63, 3.8) is 0 Å². The summed E-state index contributed by atoms with van der Waals surface area (Å²) >= 11 is 5.81. The molecule has 1 saturated heterocycles. The molecule has 1 amide bonds. The van der Waals surface area contributed by atoms with Gasteiger partial charge in [0.05, 0.1) is 17.8 Å². The van der Waals surface area contributed by atoms with E-state index in [1.165, 1.54) is 22.5 Å². The summed E-state index contributed by atoms with van der Waals surface area (Å²) in [5, 5.41) is 7.13. The van der Waals surface area contributed by atoms with Gasteiger partial charge in [0.15, 0.2) is 5.11 Å². The fourth-order valence-corrected chi connectivity index (χ4v) is 5.42. The van der Waals surface area contributed by atoms with Gasteiger partial charge >= 0.3 is 0 Å². The van der Waals surface area contributed by atoms with Crippen molar-refractivity contribution in [2.75, 3.05) is 11.9 Å². The van der Waals surface area contributed by atoms with Crippen LogP contribution in [0.2, 0.25) is 0 Å². The summed E-state index contributed by atoms with van der Waals surface area (Å²) in [5.41, 5.74) is 6.56. The second-order valence-corrected chi connectivity index (χ2v) is 9.77. The number of carbonyl (C=O) groups excluding carboxylic acids is 1. The van der Waals surface area contributed by atoms with Crippen molar-refractivity contribution in [2.45, 2.75) is 38.9 Å². The Labute approximate surface area is 223 Å². The maximum Gasteiger partial charge on any atom is 0.226 e. The van der Waals surface area contributed by atoms with Crippen molar-refractivity contribution < 1.29 is 4.79 Å². The van der Waals surface area contributed by atoms with Gasteiger partial charge in [-0.2, -0.15) is 0 Å². The van der Waals surface area contributed by atoms with E-state index in [0.29, 0.717) is 18.1 Å². The normalized spacial score (nSPS) is 17.0. The highest BCUT2D eigenvalue weighted by Crippen LogP contribution is 2.41. The third-order valence-electron chi connectivity index (χ3n) is 6.95. The number of hydrogen-bond donors (Lipinski definition) is 2. The first-order chi connectivity index (χ1) is 18.0. The number of hydrogen-bond acceptors (Lipinski definition) is 3. The Morgan fingerprint density at radius 1 is 1.00 bits per heavy atom. The van der Waals surface area contributed by atoms with Gasteiger partial charge in [-0.1, -0.05) is 54.6 Å². The van der Waals surface area contributed by atoms with Gasteiger partial charge in [0.1, 0.15) is 0 Å². The van der Waals surface area contributed by atoms with Crippen molar-refractivity contribution in [1.29, 1.82) is 0 Å². The number of para-hydroxylation sites is 1. The average molecular weight is 510 g/mol. The van der Waals surface area contributed by atoms with Crippen LogP contribution in [0.1, 0.15) is 46.7 Å². The predicted molar refractivity (Wildman–Crippen MR) is 151 cm³/mol. The number of rotatable bonds is 8. The number of pyridine rings is 1. The van der Waals surface area contributed by atoms with Crippen LogP contribution in [-0.2, 0) is 11.3 Å². The maximum atomic E-state index is 12.8. The van der Waals surface area contributed by atoms with Crippen LogP contribution in [0.3, 0.4) is 0 Å². The Balaban J connectivity index is 1.44. The highest BCUT2D eigenvalue weighted by atomic mass is 32.1. The minimum atomic E-state index is -0.114. The van der Waals surface area contributed by atoms with Crippen LogP contribution >= 0.6 is 12.2 Å². The molecule has 0 bridgehead atoms. The molecule has 0 aliphatic carbocycles. The van der Waals surface area contributed by atoms with Crippen LogP contribution in [0.15, 0.2) is 91.1 Å². The summed E-state index contributed by atoms with van der Waals surface area (Å²) in [5.74, 6) is -0.0383. The lowest BCUT2D eigenvalue weighted by atomic mass is 9.96. The molecule has 2 aromatic heterocycles. The van der Waals surface area contributed by atoms with Crippen molar-refractivity contribution in [3.05, 3.63) is 119 Å². The van der Waals surface area contributed by atoms with Gasteiger partial charge in [0.2, 0.25) is 5.91 Å². The molecule has 6 nitrogen and oxygen atoms in total. The first-order valence-electron chi connectivity index (χ1n) is 12.5. The molecule has 0 spiro atoms. The van der Waals surface area contributed by atoms with Gasteiger partial charge in [-0.25, -0.2) is 0 Å². The first kappa shape index (κ1) is 24.7. The highest BCUT2D eigenvalue weighted by Gasteiger charge is 2.41. The van der Waals surface area contributed by atoms with Crippen molar-refractivity contribution in [3.8, 4) is 0 Å². The molecule has 2 N–H and O–H groups in total. The number of carbonyl (C=O) groups is 1. The molecular formula is C30H31N5OS. The Kier molecular flexibility index (Phi) is 7.32. The molecule has 0 saturated carbocycles. The van der Waals surface area contributed by atoms with Gasteiger partial charge in [0.25, 0.3) is 0 Å². The van der Waals surface area contributed by atoms with E-state index in [1.807, 2.05) is 60.8 Å². The molecular weight excluding hydrogens is 478 g/mol. The number of nitrogens with zero attached hydrogens (tertiary/aromatic N) is 3. The molecule has 2 aromatic carbocycles. The molecule has 2 atom stereocenters. The van der Waals surface area contributed by atoms with E-state index in [9.17, 15) is 4.79 Å². The van der Waals surface area contributed by atoms with Crippen LogP contribution in [-0.4, -0.2) is 32.0 Å². The maximum absolute atomic E-state index is 12.8. The van der Waals surface area contributed by atoms with Gasteiger partial charge in [-0.3, -0.25) is 9.78 Å². The van der Waals surface area contributed by atoms with Gasteiger partial charge in [0, 0.05) is 42.8 Å². The summed E-state index contributed by atoms with van der Waals surface area (Å²) in [4.78, 5) is 19.6. The fraction of sp³-hybridized carbons (Fsp3) is 0.233. The summed E-state index contributed by atoms with van der Waals surface area (Å²) in [6.45, 7) is 5.62. The molecule has 1 aliphatic heterocycles. The molecule has 4 aromatic rings. The standard InChI is InChI=1S/C30H31N5OS/c1-21-19-25(22(2)35(21)20-23-11-5-3-6-12-23)29-28(26-15-9-10-17-31-26)33-30(37)34(29)18-16-27(36)32-24-13-7-4-8-14-24/h3-15,17,19,28-29H,16,18,20H2,1-2H3,(H,32,36)(H,33,37)/t28-,29+/m1/s1. The molecule has 5 rings (SSSR count). The third-order valence-corrected chi connectivity index (χ3v) is 7.30. The monoisotopic (exact) mass is 509 g/mol. The van der Waals surface area contributed by atoms with Crippen LogP contribution < -0.4 is 10.6 Å². The lowest BCUT2D eigenvalue weighted by Gasteiger charge is -2.28. The molecule has 0 radical (unpaired) electrons. The quantitative estimate of drug-likeness (QED) is 0.305. The minimum Gasteiger partial charge on any atom is -0.352 e. The van der Waals surface area contributed by atoms with Gasteiger partial charge in [-0.15, -0.1) is 0 Å². The number of thiocarbonyl (C=S) groups is 1. The third kappa shape index (κ3) is 5.42. The molecule has 7 heteroatoms. The molecule has 188 valence electrons. The number of nitrogens with one attached hydrogen (secondary N) is 2. The van der Waals surface area contributed by atoms with Gasteiger partial charge in [-0.05, 0) is 67.5 Å². The number of amides is 1. The highest BCUT2D eigenvalue weighted by molar-refractivity contribution is 7.80. The number of anilines is 1. The molecule has 0 unspecified atom stereocenters. The van der Waals surface area contributed by atoms with E-state index in [-0.39, 0.29) is 18.0 Å². The molecule has 3 heterocycles. The number of aryl methyl sites for hydroxylation is 1. The Morgan fingerprint density at radius 3 is 2.41 bits per heavy atom. The second kappa shape index (κ2) is 11.0. The van der Waals surface area contributed by atoms with Crippen LogP contribution in [0.25, 0.3) is 0 Å². The Morgan fingerprint density at radius 2 is 1.70 bits per heavy atom. The number of aromatic nitrogens is 2. The number of benzene rings is 2. The van der Waals surface area contributed by atoms with E-state index < -0.39 is 0 Å². The van der Waals surface area contributed by atoms with Crippen LogP contribution in [0, 0.1) is 13.8 Å². The van der Waals surface area contributed by atoms with Crippen molar-refractivity contribution >= 4 is 28.9 Å². The zero-order chi connectivity index (χ0) is 25.8. The Bertz CT molecular complexity index is 1370. The first-order valence-corrected chi connectivity index (χ1v) is 13.0. The second-order valence-electron chi connectivity index (χ2n) is 9.38. The van der Waals surface area contributed by atoms with E-state index in [1.54, 1.807) is 0 Å². The largest absolute Gasteiger partial charge is 0.352 e. The molecule has 1 aliphatic rings. The van der Waals surface area contributed by atoms with Crippen LogP contribution in [0.5, 0.6) is 0 Å². The topological polar surface area (TPSA) is 62.2 Å². The average Bonchev–Trinajstić information content (AvgIpc) is 3.39. The smallest absolute Gasteiger partial charge is 0.226 e. The Hall–Kier alpha value is -3.97. The predicted octanol–water partition coefficient (Wildman–Crippen LogP) is 5.55. The molecule has 1 fully saturated rings. The van der Waals surface area contributed by atoms with Crippen molar-refractivity contribution in [2.24, 2.45) is 0 Å². The van der Waals surface area contributed by atoms with E-state index in [0.717, 1.165) is 17.9 Å². The minimum absolute atomic E-state index is 0.0383. The lowest BCUT2D eigenvalue weighted by Crippen LogP contribution is -2.32. The summed E-state index contributed by atoms with van der Waals surface area (Å²) in [6, 6.07) is 28.0. The lowest BCUT2D eigenvalue weighted by molar-refractivity contribution is -0.116. The van der Waals surface area contributed by atoms with Crippen LogP contribution in [0.4, 0.5) is 5.69 Å². The van der Waals surface area contributed by atoms with E-state index in [2.05, 4.69) is 69.3 Å². The SMILES string of the molecule is Cc1cc([C@H]2[C@@H](c3ccccn3)NC(=S)N2CCC(=O)Nc2ccccc2)c(C)n1Cc1ccccc1. The van der Waals surface area contributed by atoms with Crippen molar-refractivity contribution in [1.82, 2.24) is 19.8 Å². The zero-order valence-corrected chi connectivity index (χ0v) is 21.9. The zero-order valence-electron chi connectivity index (χ0n) is 21.1. The summed E-state index contributed by atoms with van der Waals surface area (Å²) < 4.78 is 2.35. The summed E-state index contributed by atoms with van der Waals surface area (Å²) in [6.07, 6.45) is 2.14. The van der Waals surface area contributed by atoms with E-state index >= 15 is 0 Å². The van der Waals surface area contributed by atoms with E-state index in [4.69, 9.17) is 12.2 Å². The van der Waals surface area contributed by atoms with Gasteiger partial charge < -0.3 is 20.1 Å². The fourth-order valence-electron chi connectivity index (χ4n) is 5.09. The molecule has 37 heavy (non-hydrogen) atoms.